The summed E-state index contributed by atoms with van der Waals surface area (Å²) < 4.78 is 23.6. The first-order chi connectivity index (χ1) is 12.4. The number of rotatable bonds is 8. The Kier molecular flexibility index (Phi) is 6.54. The molecule has 0 aliphatic rings. The van der Waals surface area contributed by atoms with E-state index < -0.39 is 12.6 Å². The van der Waals surface area contributed by atoms with Crippen LogP contribution in [0.5, 0.6) is 11.5 Å². The molecule has 0 saturated carbocycles. The molecule has 0 aliphatic heterocycles. The van der Waals surface area contributed by atoms with Gasteiger partial charge in [-0.15, -0.1) is 0 Å². The van der Waals surface area contributed by atoms with Gasteiger partial charge in [-0.1, -0.05) is 12.1 Å². The topological polar surface area (TPSA) is 76.1 Å². The van der Waals surface area contributed by atoms with Gasteiger partial charge in [0, 0.05) is 19.2 Å². The minimum atomic E-state index is -1.10. The van der Waals surface area contributed by atoms with E-state index in [0.29, 0.717) is 24.5 Å². The second-order valence-electron chi connectivity index (χ2n) is 5.56. The number of halogens is 1. The zero-order valence-corrected chi connectivity index (χ0v) is 14.6. The summed E-state index contributed by atoms with van der Waals surface area (Å²) in [6.07, 6.45) is 0. The Morgan fingerprint density at radius 2 is 1.77 bits per heavy atom. The van der Waals surface area contributed by atoms with Crippen molar-refractivity contribution in [3.63, 3.8) is 0 Å². The Labute approximate surface area is 150 Å². The normalized spacial score (nSPS) is 10.3. The van der Waals surface area contributed by atoms with Crippen LogP contribution in [-0.2, 0) is 11.3 Å². The predicted octanol–water partition coefficient (Wildman–Crippen LogP) is 2.96. The van der Waals surface area contributed by atoms with E-state index in [0.717, 1.165) is 5.56 Å². The maximum Gasteiger partial charge on any atom is 0.341 e. The Bertz CT molecular complexity index is 776. The maximum atomic E-state index is 13.0. The third-order valence-corrected chi connectivity index (χ3v) is 3.52. The molecule has 2 aromatic carbocycles. The average Bonchev–Trinajstić information content (AvgIpc) is 2.62. The Balaban J connectivity index is 2.14. The molecule has 2 rings (SSSR count). The summed E-state index contributed by atoms with van der Waals surface area (Å²) in [6.45, 7) is 1.93. The molecule has 138 valence electrons. The van der Waals surface area contributed by atoms with Gasteiger partial charge in [-0.3, -0.25) is 4.79 Å². The molecule has 7 heteroatoms. The maximum absolute atomic E-state index is 13.0. The van der Waals surface area contributed by atoms with E-state index in [4.69, 9.17) is 14.6 Å². The summed E-state index contributed by atoms with van der Waals surface area (Å²) in [5.41, 5.74) is 1.18. The first kappa shape index (κ1) is 19.2. The summed E-state index contributed by atoms with van der Waals surface area (Å²) >= 11 is 0. The number of ether oxygens (including phenoxy) is 2. The van der Waals surface area contributed by atoms with Crippen molar-refractivity contribution in [3.05, 3.63) is 59.4 Å². The van der Waals surface area contributed by atoms with Crippen LogP contribution in [0.1, 0.15) is 22.8 Å². The number of nitrogens with zero attached hydrogens (tertiary/aromatic N) is 1. The molecule has 0 atom stereocenters. The number of amides is 1. The van der Waals surface area contributed by atoms with E-state index in [9.17, 15) is 14.0 Å². The van der Waals surface area contributed by atoms with Crippen LogP contribution >= 0.6 is 0 Å². The van der Waals surface area contributed by atoms with Crippen LogP contribution in [0.4, 0.5) is 4.39 Å². The van der Waals surface area contributed by atoms with Crippen molar-refractivity contribution >= 4 is 11.9 Å². The molecule has 0 radical (unpaired) electrons. The Hall–Kier alpha value is -3.09. The molecular weight excluding hydrogens is 341 g/mol. The van der Waals surface area contributed by atoms with Gasteiger partial charge < -0.3 is 19.5 Å². The highest BCUT2D eigenvalue weighted by Crippen LogP contribution is 2.29. The molecule has 6 nitrogen and oxygen atoms in total. The Morgan fingerprint density at radius 3 is 2.38 bits per heavy atom. The van der Waals surface area contributed by atoms with E-state index in [1.165, 1.54) is 29.2 Å². The Morgan fingerprint density at radius 1 is 1.08 bits per heavy atom. The van der Waals surface area contributed by atoms with Crippen LogP contribution < -0.4 is 9.47 Å². The molecule has 0 bridgehead atoms. The number of hydrogen-bond acceptors (Lipinski definition) is 4. The molecule has 0 fully saturated rings. The third-order valence-electron chi connectivity index (χ3n) is 3.52. The molecule has 0 aliphatic carbocycles. The largest absolute Gasteiger partial charge is 0.490 e. The summed E-state index contributed by atoms with van der Waals surface area (Å²) in [5, 5.41) is 8.72. The van der Waals surface area contributed by atoms with Crippen LogP contribution in [-0.4, -0.2) is 42.1 Å². The fraction of sp³-hybridized carbons (Fsp3) is 0.263. The van der Waals surface area contributed by atoms with Gasteiger partial charge in [0.1, 0.15) is 5.82 Å². The molecule has 0 spiro atoms. The highest BCUT2D eigenvalue weighted by Gasteiger charge is 2.16. The average molecular weight is 361 g/mol. The number of aliphatic carboxylic acids is 1. The lowest BCUT2D eigenvalue weighted by molar-refractivity contribution is -0.139. The van der Waals surface area contributed by atoms with Crippen LogP contribution in [0, 0.1) is 5.82 Å². The van der Waals surface area contributed by atoms with Gasteiger partial charge in [-0.05, 0) is 42.8 Å². The van der Waals surface area contributed by atoms with Gasteiger partial charge in [-0.2, -0.15) is 0 Å². The van der Waals surface area contributed by atoms with Crippen molar-refractivity contribution in [2.24, 2.45) is 0 Å². The van der Waals surface area contributed by atoms with Gasteiger partial charge in [0.2, 0.25) is 0 Å². The van der Waals surface area contributed by atoms with Crippen molar-refractivity contribution in [1.29, 1.82) is 0 Å². The van der Waals surface area contributed by atoms with Gasteiger partial charge in [0.15, 0.2) is 18.1 Å². The standard InChI is InChI=1S/C19H20FNO5/c1-3-25-17-10-14(6-9-16(17)26-12-18(22)23)19(24)21(2)11-13-4-7-15(20)8-5-13/h4-10H,3,11-12H2,1-2H3,(H,22,23). The predicted molar refractivity (Wildman–Crippen MR) is 92.9 cm³/mol. The second-order valence-corrected chi connectivity index (χ2v) is 5.56. The number of benzene rings is 2. The van der Waals surface area contributed by atoms with E-state index in [1.54, 1.807) is 32.2 Å². The van der Waals surface area contributed by atoms with E-state index in [2.05, 4.69) is 0 Å². The van der Waals surface area contributed by atoms with Crippen LogP contribution in [0.3, 0.4) is 0 Å². The van der Waals surface area contributed by atoms with Gasteiger partial charge in [-0.25, -0.2) is 9.18 Å². The molecule has 0 aromatic heterocycles. The molecule has 2 aromatic rings. The molecule has 0 unspecified atom stereocenters. The smallest absolute Gasteiger partial charge is 0.341 e. The monoisotopic (exact) mass is 361 g/mol. The lowest BCUT2D eigenvalue weighted by atomic mass is 10.1. The minimum Gasteiger partial charge on any atom is -0.490 e. The summed E-state index contributed by atoms with van der Waals surface area (Å²) in [6, 6.07) is 10.5. The van der Waals surface area contributed by atoms with Crippen molar-refractivity contribution in [1.82, 2.24) is 4.90 Å². The molecule has 1 amide bonds. The van der Waals surface area contributed by atoms with Crippen LogP contribution in [0.25, 0.3) is 0 Å². The van der Waals surface area contributed by atoms with Crippen LogP contribution in [0.15, 0.2) is 42.5 Å². The SMILES string of the molecule is CCOc1cc(C(=O)N(C)Cc2ccc(F)cc2)ccc1OCC(=O)O. The third kappa shape index (κ3) is 5.20. The summed E-state index contributed by atoms with van der Waals surface area (Å²) in [5.74, 6) is -1.13. The van der Waals surface area contributed by atoms with Crippen molar-refractivity contribution in [3.8, 4) is 11.5 Å². The number of carboxylic acid groups (broad SMARTS) is 1. The lowest BCUT2D eigenvalue weighted by Crippen LogP contribution is -2.26. The molecule has 0 saturated heterocycles. The first-order valence-corrected chi connectivity index (χ1v) is 8.02. The number of carboxylic acids is 1. The highest BCUT2D eigenvalue weighted by atomic mass is 19.1. The number of hydrogen-bond donors (Lipinski definition) is 1. The summed E-state index contributed by atoms with van der Waals surface area (Å²) in [7, 11) is 1.64. The number of carbonyl (C=O) groups is 2. The number of carbonyl (C=O) groups excluding carboxylic acids is 1. The second kappa shape index (κ2) is 8.84. The zero-order valence-electron chi connectivity index (χ0n) is 14.6. The fourth-order valence-corrected chi connectivity index (χ4v) is 2.32. The first-order valence-electron chi connectivity index (χ1n) is 8.02. The fourth-order valence-electron chi connectivity index (χ4n) is 2.32. The minimum absolute atomic E-state index is 0.250. The van der Waals surface area contributed by atoms with Crippen molar-refractivity contribution in [2.45, 2.75) is 13.5 Å². The van der Waals surface area contributed by atoms with Gasteiger partial charge >= 0.3 is 5.97 Å². The van der Waals surface area contributed by atoms with Crippen molar-refractivity contribution in [2.75, 3.05) is 20.3 Å². The molecular formula is C19H20FNO5. The lowest BCUT2D eigenvalue weighted by Gasteiger charge is -2.18. The molecule has 0 heterocycles. The van der Waals surface area contributed by atoms with E-state index in [-0.39, 0.29) is 17.5 Å². The summed E-state index contributed by atoms with van der Waals surface area (Å²) in [4.78, 5) is 24.8. The quantitative estimate of drug-likeness (QED) is 0.782. The zero-order chi connectivity index (χ0) is 19.1. The van der Waals surface area contributed by atoms with E-state index in [1.807, 2.05) is 0 Å². The van der Waals surface area contributed by atoms with Crippen LogP contribution in [0.2, 0.25) is 0 Å². The van der Waals surface area contributed by atoms with Gasteiger partial charge in [0.25, 0.3) is 5.91 Å². The van der Waals surface area contributed by atoms with Gasteiger partial charge in [0.05, 0.1) is 6.61 Å². The van der Waals surface area contributed by atoms with Crippen molar-refractivity contribution < 1.29 is 28.6 Å². The van der Waals surface area contributed by atoms with E-state index >= 15 is 0 Å². The highest BCUT2D eigenvalue weighted by molar-refractivity contribution is 5.94. The molecule has 1 N–H and O–H groups in total. The molecule has 26 heavy (non-hydrogen) atoms.